The average Bonchev–Trinajstić information content (AvgIpc) is 2.47. The quantitative estimate of drug-likeness (QED) is 0.888. The van der Waals surface area contributed by atoms with Crippen LogP contribution in [-0.2, 0) is 6.42 Å². The monoisotopic (exact) mass is 264 g/mol. The summed E-state index contributed by atoms with van der Waals surface area (Å²) in [6.07, 6.45) is 5.44. The number of fused-ring (bicyclic) bond motifs is 1. The van der Waals surface area contributed by atoms with Crippen LogP contribution in [0.1, 0.15) is 42.9 Å². The van der Waals surface area contributed by atoms with E-state index in [-0.39, 0.29) is 6.10 Å². The lowest BCUT2D eigenvalue weighted by Crippen LogP contribution is -2.21. The van der Waals surface area contributed by atoms with Crippen LogP contribution in [0.4, 0.5) is 0 Å². The number of para-hydroxylation sites is 1. The Morgan fingerprint density at radius 2 is 2.22 bits per heavy atom. The van der Waals surface area contributed by atoms with Crippen molar-refractivity contribution in [2.75, 3.05) is 12.4 Å². The minimum Gasteiger partial charge on any atom is -0.493 e. The van der Waals surface area contributed by atoms with E-state index in [0.717, 1.165) is 37.2 Å². The second-order valence-electron chi connectivity index (χ2n) is 5.14. The molecule has 2 atom stereocenters. The van der Waals surface area contributed by atoms with Gasteiger partial charge in [-0.3, -0.25) is 0 Å². The Bertz CT molecular complexity index is 413. The van der Waals surface area contributed by atoms with Crippen LogP contribution in [0.25, 0.3) is 0 Å². The second kappa shape index (κ2) is 5.54. The molecule has 2 aliphatic heterocycles. The topological polar surface area (TPSA) is 29.5 Å². The third-order valence-corrected chi connectivity index (χ3v) is 5.30. The van der Waals surface area contributed by atoms with Gasteiger partial charge in [0.05, 0.1) is 12.7 Å². The molecule has 0 aliphatic carbocycles. The zero-order chi connectivity index (χ0) is 12.4. The fraction of sp³-hybridized carbons (Fsp3) is 0.600. The van der Waals surface area contributed by atoms with E-state index >= 15 is 0 Å². The van der Waals surface area contributed by atoms with Gasteiger partial charge in [-0.15, -0.1) is 0 Å². The molecule has 0 amide bonds. The first-order chi connectivity index (χ1) is 8.86. The molecular formula is C15H20O2S. The van der Waals surface area contributed by atoms with Gasteiger partial charge in [0, 0.05) is 10.8 Å². The van der Waals surface area contributed by atoms with E-state index in [1.165, 1.54) is 24.2 Å². The lowest BCUT2D eigenvalue weighted by atomic mass is 9.96. The van der Waals surface area contributed by atoms with Crippen LogP contribution < -0.4 is 4.74 Å². The summed E-state index contributed by atoms with van der Waals surface area (Å²) in [6.45, 7) is 0.786. The molecule has 0 saturated carbocycles. The number of ether oxygens (including phenoxy) is 1. The molecule has 1 aromatic carbocycles. The zero-order valence-corrected chi connectivity index (χ0v) is 11.4. The summed E-state index contributed by atoms with van der Waals surface area (Å²) in [6, 6.07) is 6.21. The minimum atomic E-state index is -0.372. The molecule has 1 N–H and O–H groups in total. The highest BCUT2D eigenvalue weighted by atomic mass is 32.2. The van der Waals surface area contributed by atoms with Crippen LogP contribution in [0.2, 0.25) is 0 Å². The van der Waals surface area contributed by atoms with E-state index in [9.17, 15) is 5.11 Å². The van der Waals surface area contributed by atoms with E-state index in [0.29, 0.717) is 5.25 Å². The molecular weight excluding hydrogens is 244 g/mol. The predicted octanol–water partition coefficient (Wildman–Crippen LogP) is 3.33. The van der Waals surface area contributed by atoms with Crippen molar-refractivity contribution in [3.8, 4) is 5.75 Å². The zero-order valence-electron chi connectivity index (χ0n) is 10.6. The van der Waals surface area contributed by atoms with Crippen molar-refractivity contribution in [1.29, 1.82) is 0 Å². The van der Waals surface area contributed by atoms with Gasteiger partial charge in [0.15, 0.2) is 0 Å². The maximum Gasteiger partial charge on any atom is 0.128 e. The van der Waals surface area contributed by atoms with E-state index < -0.39 is 0 Å². The fourth-order valence-electron chi connectivity index (χ4n) is 2.86. The van der Waals surface area contributed by atoms with Gasteiger partial charge in [-0.1, -0.05) is 24.6 Å². The number of rotatable bonds is 2. The minimum absolute atomic E-state index is 0.343. The Morgan fingerprint density at radius 3 is 3.06 bits per heavy atom. The van der Waals surface area contributed by atoms with Crippen molar-refractivity contribution in [1.82, 2.24) is 0 Å². The van der Waals surface area contributed by atoms with Crippen molar-refractivity contribution in [3.63, 3.8) is 0 Å². The first-order valence-corrected chi connectivity index (χ1v) is 7.95. The number of aryl methyl sites for hydroxylation is 1. The normalized spacial score (nSPS) is 25.1. The van der Waals surface area contributed by atoms with Gasteiger partial charge in [0.2, 0.25) is 0 Å². The number of hydrogen-bond donors (Lipinski definition) is 1. The summed E-state index contributed by atoms with van der Waals surface area (Å²) in [5, 5.41) is 10.9. The van der Waals surface area contributed by atoms with Crippen LogP contribution >= 0.6 is 11.8 Å². The Balaban J connectivity index is 1.86. The largest absolute Gasteiger partial charge is 0.493 e. The van der Waals surface area contributed by atoms with Crippen LogP contribution in [0.5, 0.6) is 5.75 Å². The van der Waals surface area contributed by atoms with Gasteiger partial charge < -0.3 is 9.84 Å². The highest BCUT2D eigenvalue weighted by Gasteiger charge is 2.27. The van der Waals surface area contributed by atoms with Gasteiger partial charge in [0.1, 0.15) is 5.75 Å². The predicted molar refractivity (Wildman–Crippen MR) is 75.3 cm³/mol. The Hall–Kier alpha value is -0.670. The van der Waals surface area contributed by atoms with E-state index in [1.54, 1.807) is 0 Å². The molecule has 1 aromatic rings. The highest BCUT2D eigenvalue weighted by molar-refractivity contribution is 7.99. The van der Waals surface area contributed by atoms with Crippen molar-refractivity contribution >= 4 is 11.8 Å². The SMILES string of the molecule is OC(c1cccc2c1OCCC2)C1CCCCS1. The number of benzene rings is 1. The maximum absolute atomic E-state index is 10.6. The number of hydrogen-bond acceptors (Lipinski definition) is 3. The molecule has 2 aliphatic rings. The van der Waals surface area contributed by atoms with Gasteiger partial charge in [-0.2, -0.15) is 11.8 Å². The van der Waals surface area contributed by atoms with Crippen LogP contribution in [-0.4, -0.2) is 22.7 Å². The van der Waals surface area contributed by atoms with Crippen molar-refractivity contribution in [3.05, 3.63) is 29.3 Å². The van der Waals surface area contributed by atoms with Crippen molar-refractivity contribution in [2.45, 2.75) is 43.5 Å². The summed E-state index contributed by atoms with van der Waals surface area (Å²) < 4.78 is 5.80. The maximum atomic E-state index is 10.6. The van der Waals surface area contributed by atoms with E-state index in [1.807, 2.05) is 17.8 Å². The van der Waals surface area contributed by atoms with Crippen molar-refractivity contribution in [2.24, 2.45) is 0 Å². The van der Waals surface area contributed by atoms with Gasteiger partial charge in [0.25, 0.3) is 0 Å². The molecule has 1 fully saturated rings. The Morgan fingerprint density at radius 1 is 1.28 bits per heavy atom. The second-order valence-corrected chi connectivity index (χ2v) is 6.48. The number of aliphatic hydroxyl groups is 1. The first kappa shape index (κ1) is 12.4. The third kappa shape index (κ3) is 2.39. The van der Waals surface area contributed by atoms with Crippen molar-refractivity contribution < 1.29 is 9.84 Å². The summed E-state index contributed by atoms with van der Waals surface area (Å²) in [7, 11) is 0. The Labute approximate surface area is 113 Å². The Kier molecular flexibility index (Phi) is 3.80. The molecule has 3 heteroatoms. The number of aliphatic hydroxyl groups excluding tert-OH is 1. The summed E-state index contributed by atoms with van der Waals surface area (Å²) in [4.78, 5) is 0. The third-order valence-electron chi connectivity index (χ3n) is 3.85. The summed E-state index contributed by atoms with van der Waals surface area (Å²) in [5.74, 6) is 2.14. The summed E-state index contributed by atoms with van der Waals surface area (Å²) in [5.41, 5.74) is 2.27. The van der Waals surface area contributed by atoms with Crippen LogP contribution in [0.15, 0.2) is 18.2 Å². The van der Waals surface area contributed by atoms with Crippen LogP contribution in [0, 0.1) is 0 Å². The molecule has 2 nitrogen and oxygen atoms in total. The molecule has 18 heavy (non-hydrogen) atoms. The molecule has 2 heterocycles. The molecule has 0 radical (unpaired) electrons. The molecule has 1 saturated heterocycles. The van der Waals surface area contributed by atoms with E-state index in [4.69, 9.17) is 4.74 Å². The van der Waals surface area contributed by atoms with Crippen LogP contribution in [0.3, 0.4) is 0 Å². The lowest BCUT2D eigenvalue weighted by Gasteiger charge is -2.29. The van der Waals surface area contributed by atoms with Gasteiger partial charge in [-0.05, 0) is 37.0 Å². The fourth-order valence-corrected chi connectivity index (χ4v) is 4.20. The summed E-state index contributed by atoms with van der Waals surface area (Å²) >= 11 is 1.91. The smallest absolute Gasteiger partial charge is 0.128 e. The molecule has 0 aromatic heterocycles. The first-order valence-electron chi connectivity index (χ1n) is 6.90. The molecule has 3 rings (SSSR count). The average molecular weight is 264 g/mol. The van der Waals surface area contributed by atoms with Gasteiger partial charge in [-0.25, -0.2) is 0 Å². The molecule has 0 bridgehead atoms. The van der Waals surface area contributed by atoms with Gasteiger partial charge >= 0.3 is 0 Å². The molecule has 2 unspecified atom stereocenters. The molecule has 0 spiro atoms. The van der Waals surface area contributed by atoms with E-state index in [2.05, 4.69) is 12.1 Å². The highest BCUT2D eigenvalue weighted by Crippen LogP contribution is 2.40. The molecule has 98 valence electrons. The number of thioether (sulfide) groups is 1. The standard InChI is InChI=1S/C15H20O2S/c16-14(13-8-1-2-10-18-13)12-7-3-5-11-6-4-9-17-15(11)12/h3,5,7,13-14,16H,1-2,4,6,8-10H2. The lowest BCUT2D eigenvalue weighted by molar-refractivity contribution is 0.160.